The van der Waals surface area contributed by atoms with Gasteiger partial charge in [0, 0.05) is 31.0 Å². The van der Waals surface area contributed by atoms with E-state index in [1.165, 1.54) is 0 Å². The molecule has 0 saturated carbocycles. The molecule has 1 heterocycles. The predicted octanol–water partition coefficient (Wildman–Crippen LogP) is 0.387. The van der Waals surface area contributed by atoms with Crippen LogP contribution in [0, 0.1) is 0 Å². The summed E-state index contributed by atoms with van der Waals surface area (Å²) in [5.41, 5.74) is -0.0261. The van der Waals surface area contributed by atoms with E-state index in [-0.39, 0.29) is 11.4 Å². The van der Waals surface area contributed by atoms with Gasteiger partial charge in [0.2, 0.25) is 5.91 Å². The molecule has 0 aromatic carbocycles. The first-order chi connectivity index (χ1) is 7.47. The maximum Gasteiger partial charge on any atom is 0.234 e. The van der Waals surface area contributed by atoms with E-state index in [0.717, 1.165) is 6.54 Å². The molecule has 16 heavy (non-hydrogen) atoms. The molecule has 0 unspecified atom stereocenters. The first-order valence-corrected chi connectivity index (χ1v) is 5.45. The van der Waals surface area contributed by atoms with Gasteiger partial charge in [0.25, 0.3) is 0 Å². The highest BCUT2D eigenvalue weighted by molar-refractivity contribution is 5.78. The summed E-state index contributed by atoms with van der Waals surface area (Å²) in [6.07, 6.45) is 5.34. The molecule has 5 nitrogen and oxygen atoms in total. The fourth-order valence-corrected chi connectivity index (χ4v) is 1.15. The van der Waals surface area contributed by atoms with Crippen molar-refractivity contribution < 1.29 is 4.79 Å². The second-order valence-electron chi connectivity index (χ2n) is 4.75. The van der Waals surface area contributed by atoms with E-state index in [0.29, 0.717) is 13.1 Å². The van der Waals surface area contributed by atoms with Gasteiger partial charge in [-0.2, -0.15) is 0 Å². The van der Waals surface area contributed by atoms with E-state index in [1.807, 2.05) is 31.5 Å². The lowest BCUT2D eigenvalue weighted by Crippen LogP contribution is -2.43. The first kappa shape index (κ1) is 12.7. The number of aromatic nitrogens is 2. The monoisotopic (exact) mass is 224 g/mol. The summed E-state index contributed by atoms with van der Waals surface area (Å²) in [6, 6.07) is 0. The zero-order chi connectivity index (χ0) is 12.0. The molecule has 0 saturated heterocycles. The number of hydrogen-bond donors (Lipinski definition) is 2. The Hall–Kier alpha value is -1.36. The summed E-state index contributed by atoms with van der Waals surface area (Å²) in [6.45, 7) is 7.83. The second kappa shape index (κ2) is 5.65. The highest BCUT2D eigenvalue weighted by Crippen LogP contribution is 1.96. The van der Waals surface area contributed by atoms with Crippen molar-refractivity contribution in [2.24, 2.45) is 0 Å². The first-order valence-electron chi connectivity index (χ1n) is 5.45. The lowest BCUT2D eigenvalue weighted by Gasteiger charge is -2.20. The Labute approximate surface area is 96.3 Å². The number of amides is 1. The maximum atomic E-state index is 11.4. The molecule has 0 atom stereocenters. The molecule has 0 aliphatic rings. The Balaban J connectivity index is 2.11. The topological polar surface area (TPSA) is 59.0 Å². The van der Waals surface area contributed by atoms with Crippen molar-refractivity contribution in [1.29, 1.82) is 0 Å². The molecule has 1 aromatic rings. The SMILES string of the molecule is CC(C)(C)NCC(=O)NCCn1ccnc1. The minimum absolute atomic E-state index is 0.0232. The average molecular weight is 224 g/mol. The van der Waals surface area contributed by atoms with Crippen molar-refractivity contribution in [3.05, 3.63) is 18.7 Å². The van der Waals surface area contributed by atoms with Crippen molar-refractivity contribution in [1.82, 2.24) is 20.2 Å². The summed E-state index contributed by atoms with van der Waals surface area (Å²) < 4.78 is 1.93. The second-order valence-corrected chi connectivity index (χ2v) is 4.75. The number of rotatable bonds is 5. The van der Waals surface area contributed by atoms with E-state index >= 15 is 0 Å². The summed E-state index contributed by atoms with van der Waals surface area (Å²) in [7, 11) is 0. The van der Waals surface area contributed by atoms with Crippen LogP contribution in [0.5, 0.6) is 0 Å². The molecule has 0 bridgehead atoms. The van der Waals surface area contributed by atoms with E-state index in [1.54, 1.807) is 12.5 Å². The number of nitrogens with one attached hydrogen (secondary N) is 2. The molecule has 90 valence electrons. The van der Waals surface area contributed by atoms with Crippen molar-refractivity contribution in [2.75, 3.05) is 13.1 Å². The van der Waals surface area contributed by atoms with E-state index in [2.05, 4.69) is 15.6 Å². The van der Waals surface area contributed by atoms with Gasteiger partial charge in [-0.3, -0.25) is 4.79 Å². The molecule has 0 fully saturated rings. The van der Waals surface area contributed by atoms with Crippen LogP contribution in [0.3, 0.4) is 0 Å². The van der Waals surface area contributed by atoms with Gasteiger partial charge in [-0.25, -0.2) is 4.98 Å². The summed E-state index contributed by atoms with van der Waals surface area (Å²) in [5, 5.41) is 5.98. The lowest BCUT2D eigenvalue weighted by atomic mass is 10.1. The lowest BCUT2D eigenvalue weighted by molar-refractivity contribution is -0.120. The van der Waals surface area contributed by atoms with Crippen LogP contribution in [0.4, 0.5) is 0 Å². The number of carbonyl (C=O) groups is 1. The quantitative estimate of drug-likeness (QED) is 0.760. The largest absolute Gasteiger partial charge is 0.353 e. The number of imidazole rings is 1. The summed E-state index contributed by atoms with van der Waals surface area (Å²) in [5.74, 6) is 0.0232. The predicted molar refractivity (Wildman–Crippen MR) is 63.0 cm³/mol. The van der Waals surface area contributed by atoms with Gasteiger partial charge in [-0.05, 0) is 20.8 Å². The Kier molecular flexibility index (Phi) is 4.49. The van der Waals surface area contributed by atoms with Crippen LogP contribution in [0.15, 0.2) is 18.7 Å². The van der Waals surface area contributed by atoms with Gasteiger partial charge < -0.3 is 15.2 Å². The highest BCUT2D eigenvalue weighted by Gasteiger charge is 2.10. The number of nitrogens with zero attached hydrogens (tertiary/aromatic N) is 2. The third-order valence-corrected chi connectivity index (χ3v) is 2.03. The molecule has 1 aromatic heterocycles. The van der Waals surface area contributed by atoms with Gasteiger partial charge in [0.1, 0.15) is 0 Å². The van der Waals surface area contributed by atoms with Gasteiger partial charge in [-0.15, -0.1) is 0 Å². The van der Waals surface area contributed by atoms with Crippen LogP contribution in [-0.4, -0.2) is 34.1 Å². The zero-order valence-corrected chi connectivity index (χ0v) is 10.2. The van der Waals surface area contributed by atoms with Crippen LogP contribution < -0.4 is 10.6 Å². The molecule has 1 amide bonds. The maximum absolute atomic E-state index is 11.4. The number of hydrogen-bond acceptors (Lipinski definition) is 3. The molecule has 0 radical (unpaired) electrons. The van der Waals surface area contributed by atoms with Crippen LogP contribution in [0.25, 0.3) is 0 Å². The Morgan fingerprint density at radius 3 is 2.75 bits per heavy atom. The molecular formula is C11H20N4O. The zero-order valence-electron chi connectivity index (χ0n) is 10.2. The smallest absolute Gasteiger partial charge is 0.234 e. The van der Waals surface area contributed by atoms with E-state index in [4.69, 9.17) is 0 Å². The fourth-order valence-electron chi connectivity index (χ4n) is 1.15. The van der Waals surface area contributed by atoms with Gasteiger partial charge in [0.15, 0.2) is 0 Å². The van der Waals surface area contributed by atoms with Crippen LogP contribution >= 0.6 is 0 Å². The normalized spacial score (nSPS) is 11.4. The minimum Gasteiger partial charge on any atom is -0.353 e. The van der Waals surface area contributed by atoms with Gasteiger partial charge in [0.05, 0.1) is 12.9 Å². The summed E-state index contributed by atoms with van der Waals surface area (Å²) in [4.78, 5) is 15.3. The Morgan fingerprint density at radius 2 is 2.19 bits per heavy atom. The molecule has 0 aliphatic heterocycles. The van der Waals surface area contributed by atoms with Crippen LogP contribution in [0.2, 0.25) is 0 Å². The van der Waals surface area contributed by atoms with Gasteiger partial charge >= 0.3 is 0 Å². The van der Waals surface area contributed by atoms with E-state index < -0.39 is 0 Å². The van der Waals surface area contributed by atoms with E-state index in [9.17, 15) is 4.79 Å². The van der Waals surface area contributed by atoms with Crippen LogP contribution in [-0.2, 0) is 11.3 Å². The Bertz CT molecular complexity index is 313. The third-order valence-electron chi connectivity index (χ3n) is 2.03. The van der Waals surface area contributed by atoms with Crippen molar-refractivity contribution in [3.8, 4) is 0 Å². The average Bonchev–Trinajstić information content (AvgIpc) is 2.66. The minimum atomic E-state index is -0.0261. The molecular weight excluding hydrogens is 204 g/mol. The Morgan fingerprint density at radius 1 is 1.44 bits per heavy atom. The third kappa shape index (κ3) is 5.50. The molecule has 2 N–H and O–H groups in total. The number of carbonyl (C=O) groups excluding carboxylic acids is 1. The molecule has 0 aliphatic carbocycles. The van der Waals surface area contributed by atoms with Gasteiger partial charge in [-0.1, -0.05) is 0 Å². The standard InChI is InChI=1S/C11H20N4O/c1-11(2,3)14-8-10(16)13-5-7-15-6-4-12-9-15/h4,6,9,14H,5,7-8H2,1-3H3,(H,13,16). The molecule has 0 spiro atoms. The van der Waals surface area contributed by atoms with Crippen molar-refractivity contribution >= 4 is 5.91 Å². The summed E-state index contributed by atoms with van der Waals surface area (Å²) >= 11 is 0. The highest BCUT2D eigenvalue weighted by atomic mass is 16.1. The van der Waals surface area contributed by atoms with Crippen molar-refractivity contribution in [3.63, 3.8) is 0 Å². The molecule has 5 heteroatoms. The fraction of sp³-hybridized carbons (Fsp3) is 0.636. The van der Waals surface area contributed by atoms with Crippen molar-refractivity contribution in [2.45, 2.75) is 32.9 Å². The van der Waals surface area contributed by atoms with Crippen LogP contribution in [0.1, 0.15) is 20.8 Å². The molecule has 1 rings (SSSR count).